The first-order chi connectivity index (χ1) is 17.8. The van der Waals surface area contributed by atoms with Crippen LogP contribution in [0.1, 0.15) is 24.8 Å². The maximum absolute atomic E-state index is 12.5. The number of alkyl halides is 3. The summed E-state index contributed by atoms with van der Waals surface area (Å²) in [4.78, 5) is 20.0. The molecule has 2 heterocycles. The summed E-state index contributed by atoms with van der Waals surface area (Å²) < 4.78 is 43.7. The number of rotatable bonds is 10. The van der Waals surface area contributed by atoms with Crippen LogP contribution in [-0.2, 0) is 17.9 Å². The molecule has 4 rings (SSSR count). The van der Waals surface area contributed by atoms with E-state index in [4.69, 9.17) is 16.6 Å². The van der Waals surface area contributed by atoms with Crippen molar-refractivity contribution in [3.05, 3.63) is 69.3 Å². The average molecular weight is 553 g/mol. The van der Waals surface area contributed by atoms with Gasteiger partial charge in [-0.1, -0.05) is 23.7 Å². The Hall–Kier alpha value is -2.82. The van der Waals surface area contributed by atoms with Gasteiger partial charge in [-0.15, -0.1) is 24.5 Å². The van der Waals surface area contributed by atoms with Crippen LogP contribution in [0.5, 0.6) is 5.75 Å². The lowest BCUT2D eigenvalue weighted by atomic mass is 10.1. The summed E-state index contributed by atoms with van der Waals surface area (Å²) in [5.74, 6) is -0.253. The Kier molecular flexibility index (Phi) is 9.28. The Morgan fingerprint density at radius 1 is 1.08 bits per heavy atom. The predicted octanol–water partition coefficient (Wildman–Crippen LogP) is 5.47. The fraction of sp³-hybridized carbons (Fsp3) is 0.385. The van der Waals surface area contributed by atoms with Gasteiger partial charge in [0.05, 0.1) is 18.8 Å². The summed E-state index contributed by atoms with van der Waals surface area (Å²) in [6.45, 7) is 3.92. The van der Waals surface area contributed by atoms with Gasteiger partial charge in [0.15, 0.2) is 4.80 Å². The first-order valence-corrected chi connectivity index (χ1v) is 13.3. The number of ether oxygens (including phenoxy) is 1. The van der Waals surface area contributed by atoms with Crippen molar-refractivity contribution >= 4 is 28.8 Å². The molecule has 0 saturated carbocycles. The van der Waals surface area contributed by atoms with Gasteiger partial charge in [-0.2, -0.15) is 0 Å². The second-order valence-corrected chi connectivity index (χ2v) is 10.0. The normalized spacial score (nSPS) is 14.8. The highest BCUT2D eigenvalue weighted by Crippen LogP contribution is 2.27. The van der Waals surface area contributed by atoms with Crippen LogP contribution in [0.2, 0.25) is 5.02 Å². The van der Waals surface area contributed by atoms with E-state index in [0.29, 0.717) is 37.6 Å². The third-order valence-corrected chi connectivity index (χ3v) is 7.09. The number of carbonyl (C=O) groups excluding carboxylic acids is 1. The van der Waals surface area contributed by atoms with Crippen LogP contribution in [0.25, 0.3) is 11.3 Å². The molecule has 0 bridgehead atoms. The number of hydrogen-bond donors (Lipinski definition) is 1. The zero-order valence-electron chi connectivity index (χ0n) is 20.1. The smallest absolute Gasteiger partial charge is 0.406 e. The van der Waals surface area contributed by atoms with Crippen LogP contribution in [0.3, 0.4) is 0 Å². The number of thiazole rings is 1. The van der Waals surface area contributed by atoms with Crippen molar-refractivity contribution in [2.24, 2.45) is 4.99 Å². The number of likely N-dealkylation sites (tertiary alicyclic amines) is 1. The number of aromatic nitrogens is 1. The van der Waals surface area contributed by atoms with E-state index in [1.54, 1.807) is 12.1 Å². The molecule has 0 atom stereocenters. The second-order valence-electron chi connectivity index (χ2n) is 8.76. The van der Waals surface area contributed by atoms with E-state index >= 15 is 0 Å². The SMILES string of the molecule is O=C(CN1CCCC1)NCCCn1c(-c2ccc(OC(F)(F)F)cc2)csc1=NCc1ccc(Cl)cc1. The topological polar surface area (TPSA) is 58.9 Å². The molecule has 1 aliphatic rings. The van der Waals surface area contributed by atoms with Crippen LogP contribution < -0.4 is 14.9 Å². The van der Waals surface area contributed by atoms with Gasteiger partial charge < -0.3 is 14.6 Å². The minimum atomic E-state index is -4.74. The third kappa shape index (κ3) is 8.34. The fourth-order valence-electron chi connectivity index (χ4n) is 4.14. The number of halogens is 4. The third-order valence-electron chi connectivity index (χ3n) is 5.94. The van der Waals surface area contributed by atoms with Gasteiger partial charge in [0, 0.05) is 23.5 Å². The molecule has 3 aromatic rings. The van der Waals surface area contributed by atoms with Crippen molar-refractivity contribution in [2.75, 3.05) is 26.2 Å². The zero-order valence-corrected chi connectivity index (χ0v) is 21.7. The number of nitrogens with one attached hydrogen (secondary N) is 1. The Labute approximate surface area is 222 Å². The van der Waals surface area contributed by atoms with Gasteiger partial charge in [-0.3, -0.25) is 14.7 Å². The Balaban J connectivity index is 1.47. The van der Waals surface area contributed by atoms with E-state index in [2.05, 4.69) is 15.0 Å². The van der Waals surface area contributed by atoms with Crippen LogP contribution in [0.4, 0.5) is 13.2 Å². The van der Waals surface area contributed by atoms with Crippen LogP contribution in [-0.4, -0.2) is 47.9 Å². The van der Waals surface area contributed by atoms with Gasteiger partial charge in [-0.05, 0) is 79.9 Å². The van der Waals surface area contributed by atoms with Crippen molar-refractivity contribution in [1.29, 1.82) is 0 Å². The van der Waals surface area contributed by atoms with Gasteiger partial charge >= 0.3 is 6.36 Å². The molecule has 0 radical (unpaired) electrons. The molecule has 1 N–H and O–H groups in total. The Morgan fingerprint density at radius 3 is 2.46 bits per heavy atom. The standard InChI is InChI=1S/C26H28ClF3N4O2S/c27-21-8-4-19(5-9-21)16-32-25-34(15-3-12-31-24(35)17-33-13-1-2-14-33)23(18-37-25)20-6-10-22(11-7-20)36-26(28,29)30/h4-11,18H,1-3,12-17H2,(H,31,35). The summed E-state index contributed by atoms with van der Waals surface area (Å²) in [6.07, 6.45) is -1.79. The lowest BCUT2D eigenvalue weighted by Gasteiger charge is -2.14. The molecule has 0 aliphatic carbocycles. The molecule has 1 fully saturated rings. The molecule has 1 aliphatic heterocycles. The lowest BCUT2D eigenvalue weighted by Crippen LogP contribution is -2.36. The van der Waals surface area contributed by atoms with Crippen LogP contribution >= 0.6 is 22.9 Å². The zero-order chi connectivity index (χ0) is 26.3. The maximum atomic E-state index is 12.5. The fourth-order valence-corrected chi connectivity index (χ4v) is 5.20. The summed E-state index contributed by atoms with van der Waals surface area (Å²) in [5, 5.41) is 5.58. The molecule has 2 aromatic carbocycles. The summed E-state index contributed by atoms with van der Waals surface area (Å²) in [7, 11) is 0. The molecule has 37 heavy (non-hydrogen) atoms. The van der Waals surface area contributed by atoms with Gasteiger partial charge in [0.2, 0.25) is 5.91 Å². The molecule has 1 amide bonds. The number of nitrogens with zero attached hydrogens (tertiary/aromatic N) is 3. The maximum Gasteiger partial charge on any atom is 0.573 e. The van der Waals surface area contributed by atoms with Crippen molar-refractivity contribution in [2.45, 2.75) is 38.7 Å². The number of amides is 1. The van der Waals surface area contributed by atoms with Crippen molar-refractivity contribution < 1.29 is 22.7 Å². The van der Waals surface area contributed by atoms with Crippen LogP contribution in [0.15, 0.2) is 58.9 Å². The van der Waals surface area contributed by atoms with E-state index in [-0.39, 0.29) is 11.7 Å². The first kappa shape index (κ1) is 27.2. The van der Waals surface area contributed by atoms with Gasteiger partial charge in [0.1, 0.15) is 5.75 Å². The highest BCUT2D eigenvalue weighted by molar-refractivity contribution is 7.07. The minimum absolute atomic E-state index is 0.0188. The quantitative estimate of drug-likeness (QED) is 0.339. The molecular formula is C26H28ClF3N4O2S. The predicted molar refractivity (Wildman–Crippen MR) is 138 cm³/mol. The summed E-state index contributed by atoms with van der Waals surface area (Å²) in [5.41, 5.74) is 2.59. The molecule has 0 unspecified atom stereocenters. The second kappa shape index (κ2) is 12.6. The minimum Gasteiger partial charge on any atom is -0.406 e. The van der Waals surface area contributed by atoms with Crippen molar-refractivity contribution in [3.8, 4) is 17.0 Å². The van der Waals surface area contributed by atoms with E-state index in [9.17, 15) is 18.0 Å². The average Bonchev–Trinajstić information content (AvgIpc) is 3.51. The van der Waals surface area contributed by atoms with Crippen molar-refractivity contribution in [3.63, 3.8) is 0 Å². The van der Waals surface area contributed by atoms with Crippen molar-refractivity contribution in [1.82, 2.24) is 14.8 Å². The molecule has 6 nitrogen and oxygen atoms in total. The van der Waals surface area contributed by atoms with E-state index in [1.807, 2.05) is 34.2 Å². The van der Waals surface area contributed by atoms with Crippen LogP contribution in [0, 0.1) is 0 Å². The Bertz CT molecular complexity index is 1230. The molecule has 198 valence electrons. The van der Waals surface area contributed by atoms with E-state index in [0.717, 1.165) is 47.6 Å². The molecular weight excluding hydrogens is 525 g/mol. The monoisotopic (exact) mass is 552 g/mol. The molecule has 0 spiro atoms. The molecule has 11 heteroatoms. The number of carbonyl (C=O) groups is 1. The Morgan fingerprint density at radius 2 is 1.78 bits per heavy atom. The number of benzene rings is 2. The lowest BCUT2D eigenvalue weighted by molar-refractivity contribution is -0.274. The van der Waals surface area contributed by atoms with E-state index in [1.165, 1.54) is 23.5 Å². The summed E-state index contributed by atoms with van der Waals surface area (Å²) in [6, 6.07) is 13.3. The largest absolute Gasteiger partial charge is 0.573 e. The molecule has 1 saturated heterocycles. The number of hydrogen-bond acceptors (Lipinski definition) is 5. The highest BCUT2D eigenvalue weighted by atomic mass is 35.5. The van der Waals surface area contributed by atoms with E-state index < -0.39 is 6.36 Å². The summed E-state index contributed by atoms with van der Waals surface area (Å²) >= 11 is 7.43. The van der Waals surface area contributed by atoms with Gasteiger partial charge in [-0.25, -0.2) is 0 Å². The highest BCUT2D eigenvalue weighted by Gasteiger charge is 2.31. The first-order valence-electron chi connectivity index (χ1n) is 12.1. The van der Waals surface area contributed by atoms with Gasteiger partial charge in [0.25, 0.3) is 0 Å². The molecule has 1 aromatic heterocycles.